The molecule has 0 saturated heterocycles. The van der Waals surface area contributed by atoms with Gasteiger partial charge in [-0.3, -0.25) is 18.9 Å². The minimum absolute atomic E-state index is 0.112. The first kappa shape index (κ1) is 29.2. The van der Waals surface area contributed by atoms with Crippen molar-refractivity contribution >= 4 is 50.1 Å². The molecule has 0 saturated carbocycles. The number of halogens is 3. The van der Waals surface area contributed by atoms with Crippen molar-refractivity contribution in [1.82, 2.24) is 9.55 Å². The van der Waals surface area contributed by atoms with Crippen LogP contribution in [0.15, 0.2) is 54.9 Å². The van der Waals surface area contributed by atoms with Crippen LogP contribution in [0.4, 0.5) is 14.5 Å². The number of carbonyl (C=O) groups is 2. The molecule has 0 aliphatic heterocycles. The summed E-state index contributed by atoms with van der Waals surface area (Å²) in [6.45, 7) is 4.83. The van der Waals surface area contributed by atoms with Crippen LogP contribution in [0, 0.1) is 11.6 Å². The molecule has 40 heavy (non-hydrogen) atoms. The van der Waals surface area contributed by atoms with E-state index in [4.69, 9.17) is 16.3 Å². The second kappa shape index (κ2) is 11.7. The van der Waals surface area contributed by atoms with E-state index in [0.29, 0.717) is 10.6 Å². The summed E-state index contributed by atoms with van der Waals surface area (Å²) in [4.78, 5) is 30.2. The van der Waals surface area contributed by atoms with E-state index in [1.165, 1.54) is 10.8 Å². The second-order valence-corrected chi connectivity index (χ2v) is 11.3. The quantitative estimate of drug-likeness (QED) is 0.167. The van der Waals surface area contributed by atoms with E-state index in [-0.39, 0.29) is 35.2 Å². The molecule has 0 fully saturated rings. The summed E-state index contributed by atoms with van der Waals surface area (Å²) in [5.41, 5.74) is -0.0588. The third kappa shape index (κ3) is 6.00. The minimum atomic E-state index is -3.92. The number of fused-ring (bicyclic) bond motifs is 1. The molecule has 0 amide bonds. The van der Waals surface area contributed by atoms with Crippen molar-refractivity contribution in [3.8, 4) is 11.1 Å². The third-order valence-electron chi connectivity index (χ3n) is 6.13. The lowest BCUT2D eigenvalue weighted by Gasteiger charge is -2.15. The maximum Gasteiger partial charge on any atom is 0.307 e. The van der Waals surface area contributed by atoms with Crippen molar-refractivity contribution in [1.29, 1.82) is 0 Å². The Morgan fingerprint density at radius 1 is 1.10 bits per heavy atom. The first-order valence-corrected chi connectivity index (χ1v) is 14.5. The molecule has 2 aromatic carbocycles. The Kier molecular flexibility index (Phi) is 8.55. The molecule has 0 spiro atoms. The number of ether oxygens (including phenoxy) is 1. The summed E-state index contributed by atoms with van der Waals surface area (Å²) in [6, 6.07) is 10.2. The number of rotatable bonds is 10. The number of anilines is 1. The molecule has 210 valence electrons. The zero-order chi connectivity index (χ0) is 29.2. The number of nitrogens with one attached hydrogen (secondary N) is 1. The lowest BCUT2D eigenvalue weighted by atomic mass is 10.00. The molecule has 0 aliphatic carbocycles. The van der Waals surface area contributed by atoms with Gasteiger partial charge in [0.2, 0.25) is 15.8 Å². The van der Waals surface area contributed by atoms with E-state index in [2.05, 4.69) is 9.71 Å². The van der Waals surface area contributed by atoms with Gasteiger partial charge in [0, 0.05) is 34.8 Å². The van der Waals surface area contributed by atoms with Crippen molar-refractivity contribution in [3.63, 3.8) is 0 Å². The highest BCUT2D eigenvalue weighted by Gasteiger charge is 2.28. The molecule has 4 aromatic rings. The van der Waals surface area contributed by atoms with E-state index in [1.54, 1.807) is 57.3 Å². The average Bonchev–Trinajstić information content (AvgIpc) is 3.29. The Bertz CT molecular complexity index is 1710. The van der Waals surface area contributed by atoms with E-state index in [1.807, 2.05) is 0 Å². The Morgan fingerprint density at radius 2 is 1.80 bits per heavy atom. The highest BCUT2D eigenvalue weighted by molar-refractivity contribution is 7.92. The fraction of sp³-hybridized carbons (Fsp3) is 0.250. The summed E-state index contributed by atoms with van der Waals surface area (Å²) in [6.07, 6.45) is 2.35. The SMILES string of the molecule is CCCS(=O)(=O)Nc1ccc(F)c(C(=O)c2cn(C(C)OC(=O)CC)c3ncc(-c4ccc(Cl)cc4)cc23)c1F. The summed E-state index contributed by atoms with van der Waals surface area (Å²) in [5, 5.41) is 0.763. The van der Waals surface area contributed by atoms with Crippen LogP contribution in [0.5, 0.6) is 0 Å². The summed E-state index contributed by atoms with van der Waals surface area (Å²) in [5.74, 6) is -4.34. The first-order valence-electron chi connectivity index (χ1n) is 12.4. The van der Waals surface area contributed by atoms with Crippen LogP contribution in [0.3, 0.4) is 0 Å². The molecule has 1 unspecified atom stereocenters. The predicted octanol–water partition coefficient (Wildman–Crippen LogP) is 6.49. The van der Waals surface area contributed by atoms with Gasteiger partial charge in [-0.2, -0.15) is 0 Å². The number of hydrogen-bond acceptors (Lipinski definition) is 6. The molecule has 8 nitrogen and oxygen atoms in total. The Morgan fingerprint density at radius 3 is 2.45 bits per heavy atom. The van der Waals surface area contributed by atoms with Crippen LogP contribution < -0.4 is 4.72 Å². The van der Waals surface area contributed by atoms with Gasteiger partial charge >= 0.3 is 5.97 Å². The van der Waals surface area contributed by atoms with Crippen LogP contribution >= 0.6 is 11.6 Å². The molecule has 0 radical (unpaired) electrons. The molecule has 1 N–H and O–H groups in total. The fourth-order valence-corrected chi connectivity index (χ4v) is 5.44. The van der Waals surface area contributed by atoms with Gasteiger partial charge in [0.25, 0.3) is 0 Å². The molecule has 0 aliphatic rings. The first-order chi connectivity index (χ1) is 19.0. The number of carbonyl (C=O) groups excluding carboxylic acids is 2. The summed E-state index contributed by atoms with van der Waals surface area (Å²) < 4.78 is 63.8. The van der Waals surface area contributed by atoms with Gasteiger partial charge in [-0.15, -0.1) is 0 Å². The number of pyridine rings is 1. The van der Waals surface area contributed by atoms with Crippen molar-refractivity contribution in [2.75, 3.05) is 10.5 Å². The van der Waals surface area contributed by atoms with E-state index >= 15 is 4.39 Å². The van der Waals surface area contributed by atoms with Gasteiger partial charge in [0.1, 0.15) is 11.5 Å². The molecular weight excluding hydrogens is 564 g/mol. The van der Waals surface area contributed by atoms with Gasteiger partial charge in [-0.1, -0.05) is 37.6 Å². The third-order valence-corrected chi connectivity index (χ3v) is 7.86. The number of esters is 1. The van der Waals surface area contributed by atoms with Gasteiger partial charge in [0.15, 0.2) is 12.0 Å². The largest absolute Gasteiger partial charge is 0.441 e. The molecule has 4 rings (SSSR count). The Hall–Kier alpha value is -3.83. The van der Waals surface area contributed by atoms with Crippen molar-refractivity contribution in [2.45, 2.75) is 39.8 Å². The molecule has 2 aromatic heterocycles. The van der Waals surface area contributed by atoms with E-state index < -0.39 is 50.9 Å². The zero-order valence-corrected chi connectivity index (χ0v) is 23.4. The van der Waals surface area contributed by atoms with E-state index in [9.17, 15) is 22.4 Å². The number of benzene rings is 2. The molecule has 2 heterocycles. The number of hydrogen-bond donors (Lipinski definition) is 1. The molecule has 1 atom stereocenters. The van der Waals surface area contributed by atoms with Crippen LogP contribution in [0.1, 0.15) is 55.8 Å². The Labute approximate surface area is 235 Å². The van der Waals surface area contributed by atoms with Gasteiger partial charge in [0.05, 0.1) is 22.6 Å². The molecule has 12 heteroatoms. The highest BCUT2D eigenvalue weighted by atomic mass is 35.5. The van der Waals surface area contributed by atoms with Crippen molar-refractivity contribution in [3.05, 3.63) is 82.6 Å². The number of ketones is 1. The maximum absolute atomic E-state index is 15.5. The normalized spacial score (nSPS) is 12.3. The monoisotopic (exact) mass is 589 g/mol. The maximum atomic E-state index is 15.5. The smallest absolute Gasteiger partial charge is 0.307 e. The van der Waals surface area contributed by atoms with Crippen molar-refractivity contribution < 1.29 is 31.5 Å². The van der Waals surface area contributed by atoms with Crippen LogP contribution in [0.25, 0.3) is 22.2 Å². The fourth-order valence-electron chi connectivity index (χ4n) is 4.18. The number of sulfonamides is 1. The standard InChI is InChI=1S/C28H26ClF2N3O5S/c1-4-12-40(37,38)33-23-11-10-22(30)25(26(23)31)27(36)21-15-34(16(3)39-24(35)5-2)28-20(21)13-18(14-32-28)17-6-8-19(29)9-7-17/h6-11,13-16,33H,4-5,12H2,1-3H3. The lowest BCUT2D eigenvalue weighted by Crippen LogP contribution is -2.18. The van der Waals surface area contributed by atoms with Gasteiger partial charge in [-0.05, 0) is 49.2 Å². The van der Waals surface area contributed by atoms with Gasteiger partial charge in [-0.25, -0.2) is 22.2 Å². The second-order valence-electron chi connectivity index (χ2n) is 9.03. The molecular formula is C28H26ClF2N3O5S. The Balaban J connectivity index is 1.89. The average molecular weight is 590 g/mol. The number of aromatic nitrogens is 2. The van der Waals surface area contributed by atoms with Gasteiger partial charge < -0.3 is 4.74 Å². The minimum Gasteiger partial charge on any atom is -0.441 e. The van der Waals surface area contributed by atoms with Crippen LogP contribution in [-0.4, -0.2) is 35.5 Å². The lowest BCUT2D eigenvalue weighted by molar-refractivity contribution is -0.151. The highest BCUT2D eigenvalue weighted by Crippen LogP contribution is 2.32. The molecule has 0 bridgehead atoms. The van der Waals surface area contributed by atoms with Crippen LogP contribution in [0.2, 0.25) is 5.02 Å². The van der Waals surface area contributed by atoms with Crippen molar-refractivity contribution in [2.24, 2.45) is 0 Å². The topological polar surface area (TPSA) is 107 Å². The predicted molar refractivity (Wildman–Crippen MR) is 149 cm³/mol. The number of nitrogens with zero attached hydrogens (tertiary/aromatic N) is 2. The summed E-state index contributed by atoms with van der Waals surface area (Å²) in [7, 11) is -3.92. The summed E-state index contributed by atoms with van der Waals surface area (Å²) >= 11 is 6.00. The van der Waals surface area contributed by atoms with E-state index in [0.717, 1.165) is 17.7 Å². The zero-order valence-electron chi connectivity index (χ0n) is 21.9. The van der Waals surface area contributed by atoms with Crippen LogP contribution in [-0.2, 0) is 19.6 Å².